The summed E-state index contributed by atoms with van der Waals surface area (Å²) in [5.41, 5.74) is 2.09. The van der Waals surface area contributed by atoms with Crippen LogP contribution in [-0.4, -0.2) is 44.6 Å². The molecule has 10 heteroatoms. The third kappa shape index (κ3) is 7.30. The normalized spacial score (nSPS) is 12.2. The van der Waals surface area contributed by atoms with Crippen LogP contribution in [0.3, 0.4) is 0 Å². The molecular weight excluding hydrogens is 454 g/mol. The third-order valence-corrected chi connectivity index (χ3v) is 5.43. The molecule has 1 amide bonds. The van der Waals surface area contributed by atoms with E-state index < -0.39 is 16.7 Å². The van der Waals surface area contributed by atoms with E-state index in [4.69, 9.17) is 0 Å². The van der Waals surface area contributed by atoms with E-state index >= 15 is 0 Å². The van der Waals surface area contributed by atoms with Gasteiger partial charge >= 0.3 is 6.09 Å². The number of aromatic nitrogens is 2. The topological polar surface area (TPSA) is 126 Å². The van der Waals surface area contributed by atoms with Gasteiger partial charge in [-0.3, -0.25) is 0 Å². The average Bonchev–Trinajstić information content (AvgIpc) is 2.84. The van der Waals surface area contributed by atoms with Crippen molar-refractivity contribution >= 4 is 34.1 Å². The lowest BCUT2D eigenvalue weighted by Gasteiger charge is -2.14. The molecule has 0 fully saturated rings. The van der Waals surface area contributed by atoms with Gasteiger partial charge in [0.1, 0.15) is 5.82 Å². The number of amides is 1. The van der Waals surface area contributed by atoms with E-state index in [9.17, 15) is 14.1 Å². The van der Waals surface area contributed by atoms with Crippen molar-refractivity contribution in [3.05, 3.63) is 71.9 Å². The second-order valence-electron chi connectivity index (χ2n) is 7.04. The number of carbonyl (C=O) groups is 1. The van der Waals surface area contributed by atoms with Crippen LogP contribution in [0.4, 0.5) is 22.2 Å². The molecule has 2 atom stereocenters. The fraction of sp³-hybridized carbons (Fsp3) is 0.208. The van der Waals surface area contributed by atoms with Gasteiger partial charge in [-0.2, -0.15) is 4.98 Å². The zero-order valence-corrected chi connectivity index (χ0v) is 19.6. The summed E-state index contributed by atoms with van der Waals surface area (Å²) in [5.74, 6) is 6.94. The molecule has 3 N–H and O–H groups in total. The standard InChI is InChI=1S/C24H25N5O4S/c1-3-33-24(31)29-34(32)21-13-11-20(12-14-21)27-23-25-15-19(22(28-23)26-17(2)16-30)10-9-18-7-5-4-6-8-18/h4-8,11-15,17,30,34H,3,16H2,1-2H3,(H2,25,26,27,28)/t17-/m1/s1. The SMILES string of the molecule is CCOC(=O)/N=[SH](=O)/c1ccc(Nc2ncc(C#Cc3ccccc3)c(N[C@H](C)CO)n2)cc1. The number of hydrogen-bond acceptors (Lipinski definition) is 8. The summed E-state index contributed by atoms with van der Waals surface area (Å²) < 4.78 is 20.4. The number of nitrogens with one attached hydrogen (secondary N) is 2. The van der Waals surface area contributed by atoms with Crippen LogP contribution in [0.1, 0.15) is 25.0 Å². The third-order valence-electron chi connectivity index (χ3n) is 4.35. The Bertz CT molecular complexity index is 1260. The van der Waals surface area contributed by atoms with Crippen molar-refractivity contribution in [1.29, 1.82) is 0 Å². The van der Waals surface area contributed by atoms with Crippen LogP contribution in [0.15, 0.2) is 70.1 Å². The van der Waals surface area contributed by atoms with E-state index in [-0.39, 0.29) is 19.3 Å². The second-order valence-corrected chi connectivity index (χ2v) is 8.31. The number of aliphatic hydroxyl groups is 1. The molecule has 1 heterocycles. The van der Waals surface area contributed by atoms with Gasteiger partial charge in [0.25, 0.3) is 0 Å². The molecule has 0 radical (unpaired) electrons. The average molecular weight is 480 g/mol. The number of aliphatic hydroxyl groups excluding tert-OH is 1. The number of benzene rings is 2. The molecule has 1 unspecified atom stereocenters. The van der Waals surface area contributed by atoms with Gasteiger partial charge in [-0.1, -0.05) is 30.0 Å². The Labute approximate surface area is 199 Å². The molecule has 2 aromatic carbocycles. The van der Waals surface area contributed by atoms with Crippen LogP contribution in [0.25, 0.3) is 0 Å². The Morgan fingerprint density at radius 2 is 1.91 bits per heavy atom. The molecule has 34 heavy (non-hydrogen) atoms. The maximum atomic E-state index is 12.2. The smallest absolute Gasteiger partial charge is 0.441 e. The predicted octanol–water partition coefficient (Wildman–Crippen LogP) is 3.59. The Morgan fingerprint density at radius 1 is 1.18 bits per heavy atom. The van der Waals surface area contributed by atoms with Crippen LogP contribution < -0.4 is 10.6 Å². The van der Waals surface area contributed by atoms with Crippen molar-refractivity contribution < 1.29 is 18.8 Å². The minimum Gasteiger partial charge on any atom is -0.448 e. The lowest BCUT2D eigenvalue weighted by molar-refractivity contribution is 0.164. The number of hydrogen-bond donors (Lipinski definition) is 4. The summed E-state index contributed by atoms with van der Waals surface area (Å²) in [6, 6.07) is 15.9. The van der Waals surface area contributed by atoms with Gasteiger partial charge in [-0.15, -0.1) is 4.36 Å². The predicted molar refractivity (Wildman–Crippen MR) is 132 cm³/mol. The molecule has 3 rings (SSSR count). The van der Waals surface area contributed by atoms with E-state index in [0.717, 1.165) is 5.56 Å². The maximum absolute atomic E-state index is 12.2. The van der Waals surface area contributed by atoms with Gasteiger partial charge in [0, 0.05) is 22.2 Å². The van der Waals surface area contributed by atoms with Gasteiger partial charge in [0.2, 0.25) is 5.95 Å². The number of rotatable bonds is 7. The van der Waals surface area contributed by atoms with Gasteiger partial charge in [-0.25, -0.2) is 14.0 Å². The highest BCUT2D eigenvalue weighted by Gasteiger charge is 2.09. The summed E-state index contributed by atoms with van der Waals surface area (Å²) in [6.45, 7) is 3.56. The van der Waals surface area contributed by atoms with E-state index in [1.54, 1.807) is 37.4 Å². The first-order valence-electron chi connectivity index (χ1n) is 10.5. The number of ether oxygens (including phenoxy) is 1. The molecule has 0 aliphatic carbocycles. The number of thiol groups is 1. The van der Waals surface area contributed by atoms with Crippen LogP contribution in [0.5, 0.6) is 0 Å². The molecule has 0 saturated carbocycles. The highest BCUT2D eigenvalue weighted by Crippen LogP contribution is 2.19. The van der Waals surface area contributed by atoms with Gasteiger partial charge in [0.15, 0.2) is 0 Å². The van der Waals surface area contributed by atoms with Gasteiger partial charge in [0.05, 0.1) is 35.6 Å². The molecule has 0 spiro atoms. The molecule has 0 bridgehead atoms. The Morgan fingerprint density at radius 3 is 2.59 bits per heavy atom. The molecule has 176 valence electrons. The molecular formula is C24H25N5O4S. The van der Waals surface area contributed by atoms with Crippen LogP contribution in [0.2, 0.25) is 0 Å². The minimum absolute atomic E-state index is 0.0746. The minimum atomic E-state index is -2.25. The largest absolute Gasteiger partial charge is 0.448 e. The number of carbonyl (C=O) groups excluding carboxylic acids is 1. The summed E-state index contributed by atoms with van der Waals surface area (Å²) in [4.78, 5) is 20.6. The molecule has 1 aromatic heterocycles. The summed E-state index contributed by atoms with van der Waals surface area (Å²) in [6.07, 6.45) is 0.744. The first-order chi connectivity index (χ1) is 16.5. The van der Waals surface area contributed by atoms with Gasteiger partial charge in [-0.05, 0) is 50.2 Å². The van der Waals surface area contributed by atoms with Crippen LogP contribution in [0, 0.1) is 11.8 Å². The van der Waals surface area contributed by atoms with Crippen molar-refractivity contribution in [2.45, 2.75) is 24.8 Å². The Kier molecular flexibility index (Phi) is 8.96. The monoisotopic (exact) mass is 479 g/mol. The second kappa shape index (κ2) is 12.3. The van der Waals surface area contributed by atoms with Crippen molar-refractivity contribution in [2.75, 3.05) is 23.8 Å². The highest BCUT2D eigenvalue weighted by molar-refractivity contribution is 7.75. The van der Waals surface area contributed by atoms with E-state index in [1.807, 2.05) is 37.3 Å². The zero-order chi connectivity index (χ0) is 24.3. The van der Waals surface area contributed by atoms with Crippen LogP contribution >= 0.6 is 0 Å². The summed E-state index contributed by atoms with van der Waals surface area (Å²) >= 11 is 0. The Hall–Kier alpha value is -3.94. The fourth-order valence-electron chi connectivity index (χ4n) is 2.67. The number of nitrogens with zero attached hydrogens (tertiary/aromatic N) is 3. The maximum Gasteiger partial charge on any atom is 0.441 e. The summed E-state index contributed by atoms with van der Waals surface area (Å²) in [5, 5.41) is 15.6. The van der Waals surface area contributed by atoms with Crippen LogP contribution in [-0.2, 0) is 15.3 Å². The Balaban J connectivity index is 1.80. The van der Waals surface area contributed by atoms with Crippen molar-refractivity contribution in [3.8, 4) is 11.8 Å². The first-order valence-corrected chi connectivity index (χ1v) is 11.7. The van der Waals surface area contributed by atoms with E-state index in [1.165, 1.54) is 0 Å². The molecule has 0 aliphatic rings. The lowest BCUT2D eigenvalue weighted by atomic mass is 10.2. The fourth-order valence-corrected chi connectivity index (χ4v) is 3.39. The number of anilines is 3. The molecule has 3 aromatic rings. The van der Waals surface area contributed by atoms with Crippen molar-refractivity contribution in [3.63, 3.8) is 0 Å². The van der Waals surface area contributed by atoms with Crippen molar-refractivity contribution in [1.82, 2.24) is 9.97 Å². The molecule has 0 saturated heterocycles. The van der Waals surface area contributed by atoms with Gasteiger partial charge < -0.3 is 20.5 Å². The lowest BCUT2D eigenvalue weighted by Crippen LogP contribution is -2.21. The van der Waals surface area contributed by atoms with Crippen molar-refractivity contribution in [2.24, 2.45) is 4.36 Å². The molecule has 9 nitrogen and oxygen atoms in total. The first kappa shape index (κ1) is 24.7. The highest BCUT2D eigenvalue weighted by atomic mass is 32.2. The summed E-state index contributed by atoms with van der Waals surface area (Å²) in [7, 11) is -2.25. The van der Waals surface area contributed by atoms with E-state index in [2.05, 4.69) is 41.5 Å². The molecule has 0 aliphatic heterocycles. The zero-order valence-electron chi connectivity index (χ0n) is 18.7. The van der Waals surface area contributed by atoms with E-state index in [0.29, 0.717) is 27.9 Å². The quantitative estimate of drug-likeness (QED) is 0.299.